The lowest BCUT2D eigenvalue weighted by Gasteiger charge is -2.11. The fraction of sp³-hybridized carbons (Fsp3) is 1.00. The minimum absolute atomic E-state index is 0.0155. The van der Waals surface area contributed by atoms with Crippen molar-refractivity contribution in [2.75, 3.05) is 0 Å². The molecule has 0 aliphatic carbocycles. The van der Waals surface area contributed by atoms with E-state index >= 15 is 0 Å². The molecule has 0 spiro atoms. The van der Waals surface area contributed by atoms with Crippen LogP contribution in [-0.2, 0) is 15.0 Å². The molecule has 0 aromatic heterocycles. The Labute approximate surface area is 111 Å². The van der Waals surface area contributed by atoms with E-state index in [-0.39, 0.29) is 6.10 Å². The molecule has 0 fully saturated rings. The van der Waals surface area contributed by atoms with Gasteiger partial charge in [-0.15, -0.1) is 0 Å². The highest BCUT2D eigenvalue weighted by Gasteiger charge is 2.07. The van der Waals surface area contributed by atoms with Crippen LogP contribution >= 0.6 is 0 Å². The second-order valence-corrected chi connectivity index (χ2v) is 4.89. The molecular formula is C14H30O4. The van der Waals surface area contributed by atoms with Gasteiger partial charge in [0, 0.05) is 0 Å². The topological polar surface area (TPSA) is 47.9 Å². The molecule has 4 nitrogen and oxygen atoms in total. The number of hydrogen-bond acceptors (Lipinski definition) is 4. The zero-order valence-corrected chi connectivity index (χ0v) is 12.0. The smallest absolute Gasteiger partial charge is 0.0959 e. The fourth-order valence-corrected chi connectivity index (χ4v) is 2.08. The van der Waals surface area contributed by atoms with Gasteiger partial charge in [0.05, 0.1) is 6.10 Å². The molecule has 0 amide bonds. The van der Waals surface area contributed by atoms with Crippen LogP contribution < -0.4 is 0 Å². The lowest BCUT2D eigenvalue weighted by molar-refractivity contribution is -0.631. The van der Waals surface area contributed by atoms with E-state index < -0.39 is 0 Å². The van der Waals surface area contributed by atoms with Gasteiger partial charge in [-0.2, -0.15) is 0 Å². The monoisotopic (exact) mass is 262 g/mol. The summed E-state index contributed by atoms with van der Waals surface area (Å²) >= 11 is 0. The average Bonchev–Trinajstić information content (AvgIpc) is 2.40. The Kier molecular flexibility index (Phi) is 14.8. The lowest BCUT2D eigenvalue weighted by atomic mass is 10.0. The molecule has 0 aliphatic rings. The van der Waals surface area contributed by atoms with Gasteiger partial charge >= 0.3 is 0 Å². The van der Waals surface area contributed by atoms with Gasteiger partial charge in [-0.25, -0.2) is 10.1 Å². The summed E-state index contributed by atoms with van der Waals surface area (Å²) in [6.45, 7) is 4.27. The van der Waals surface area contributed by atoms with Crippen LogP contribution in [0.2, 0.25) is 0 Å². The second kappa shape index (κ2) is 14.9. The van der Waals surface area contributed by atoms with Crippen molar-refractivity contribution in [1.82, 2.24) is 0 Å². The summed E-state index contributed by atoms with van der Waals surface area (Å²) in [7, 11) is 0. The van der Waals surface area contributed by atoms with Gasteiger partial charge in [0.15, 0.2) is 0 Å². The summed E-state index contributed by atoms with van der Waals surface area (Å²) < 4.78 is 0. The third-order valence-electron chi connectivity index (χ3n) is 3.29. The quantitative estimate of drug-likeness (QED) is 0.271. The molecule has 0 bridgehead atoms. The average molecular weight is 262 g/mol. The molecule has 0 rings (SSSR count). The summed E-state index contributed by atoms with van der Waals surface area (Å²) in [5.74, 6) is 0. The van der Waals surface area contributed by atoms with E-state index in [0.29, 0.717) is 0 Å². The van der Waals surface area contributed by atoms with Crippen molar-refractivity contribution in [3.8, 4) is 0 Å². The van der Waals surface area contributed by atoms with E-state index in [1.54, 1.807) is 0 Å². The first-order valence-corrected chi connectivity index (χ1v) is 7.48. The van der Waals surface area contributed by atoms with Crippen molar-refractivity contribution in [3.63, 3.8) is 0 Å². The van der Waals surface area contributed by atoms with E-state index in [0.717, 1.165) is 19.3 Å². The van der Waals surface area contributed by atoms with Crippen LogP contribution in [0.4, 0.5) is 0 Å². The van der Waals surface area contributed by atoms with E-state index in [1.807, 2.05) is 6.92 Å². The normalized spacial score (nSPS) is 12.8. The second-order valence-electron chi connectivity index (χ2n) is 4.89. The first-order chi connectivity index (χ1) is 8.85. The number of rotatable bonds is 14. The van der Waals surface area contributed by atoms with Crippen molar-refractivity contribution in [1.29, 1.82) is 0 Å². The molecule has 0 radical (unpaired) electrons. The number of hydrogen-bond donors (Lipinski definition) is 1. The molecule has 0 aromatic rings. The third kappa shape index (κ3) is 12.3. The lowest BCUT2D eigenvalue weighted by Crippen LogP contribution is -2.11. The Morgan fingerprint density at radius 2 is 1.39 bits per heavy atom. The minimum atomic E-state index is 0.0155. The molecule has 1 unspecified atom stereocenters. The van der Waals surface area contributed by atoms with Crippen molar-refractivity contribution in [3.05, 3.63) is 0 Å². The largest absolute Gasteiger partial charge is 0.219 e. The van der Waals surface area contributed by atoms with E-state index in [2.05, 4.69) is 17.0 Å². The van der Waals surface area contributed by atoms with Crippen LogP contribution in [0.5, 0.6) is 0 Å². The summed E-state index contributed by atoms with van der Waals surface area (Å²) in [5.41, 5.74) is 0. The third-order valence-corrected chi connectivity index (χ3v) is 3.29. The summed E-state index contributed by atoms with van der Waals surface area (Å²) in [6, 6.07) is 0. The Hall–Kier alpha value is -0.160. The molecule has 1 N–H and O–H groups in total. The van der Waals surface area contributed by atoms with Gasteiger partial charge in [-0.1, -0.05) is 71.6 Å². The predicted molar refractivity (Wildman–Crippen MR) is 71.8 cm³/mol. The first kappa shape index (κ1) is 17.8. The summed E-state index contributed by atoms with van der Waals surface area (Å²) in [4.78, 5) is 4.84. The maximum absolute atomic E-state index is 7.99. The van der Waals surface area contributed by atoms with Gasteiger partial charge in [-0.3, -0.25) is 0 Å². The Bertz CT molecular complexity index is 153. The van der Waals surface area contributed by atoms with Crippen LogP contribution in [0.1, 0.15) is 84.5 Å². The summed E-state index contributed by atoms with van der Waals surface area (Å²) in [6.07, 6.45) is 13.7. The molecule has 110 valence electrons. The van der Waals surface area contributed by atoms with E-state index in [9.17, 15) is 0 Å². The highest BCUT2D eigenvalue weighted by molar-refractivity contribution is 4.54. The van der Waals surface area contributed by atoms with Gasteiger partial charge in [-0.05, 0) is 22.9 Å². The van der Waals surface area contributed by atoms with Gasteiger partial charge < -0.3 is 0 Å². The molecule has 18 heavy (non-hydrogen) atoms. The Morgan fingerprint density at radius 3 is 1.89 bits per heavy atom. The zero-order chi connectivity index (χ0) is 13.5. The van der Waals surface area contributed by atoms with Crippen molar-refractivity contribution in [2.45, 2.75) is 90.6 Å². The van der Waals surface area contributed by atoms with Crippen LogP contribution in [0.3, 0.4) is 0 Å². The standard InChI is InChI=1S/C14H30O4/c1-3-5-6-7-8-9-10-11-12-13-14(4-2)16-18-17-15/h14-15H,3-13H2,1-2H3. The molecule has 0 saturated heterocycles. The highest BCUT2D eigenvalue weighted by atomic mass is 17.6. The zero-order valence-electron chi connectivity index (χ0n) is 12.0. The van der Waals surface area contributed by atoms with Crippen LogP contribution in [-0.4, -0.2) is 11.4 Å². The van der Waals surface area contributed by atoms with Crippen LogP contribution in [0.25, 0.3) is 0 Å². The van der Waals surface area contributed by atoms with Gasteiger partial charge in [0.2, 0.25) is 0 Å². The van der Waals surface area contributed by atoms with Crippen LogP contribution in [0.15, 0.2) is 0 Å². The molecule has 0 aliphatic heterocycles. The van der Waals surface area contributed by atoms with Crippen LogP contribution in [0, 0.1) is 0 Å². The molecule has 1 atom stereocenters. The van der Waals surface area contributed by atoms with Crippen molar-refractivity contribution >= 4 is 0 Å². The minimum Gasteiger partial charge on any atom is -0.219 e. The first-order valence-electron chi connectivity index (χ1n) is 7.48. The molecule has 4 heteroatoms. The Balaban J connectivity index is 3.17. The molecule has 0 saturated carbocycles. The van der Waals surface area contributed by atoms with E-state index in [4.69, 9.17) is 10.1 Å². The van der Waals surface area contributed by atoms with Crippen molar-refractivity contribution < 1.29 is 20.2 Å². The van der Waals surface area contributed by atoms with Gasteiger partial charge in [0.25, 0.3) is 0 Å². The van der Waals surface area contributed by atoms with E-state index in [1.165, 1.54) is 51.4 Å². The van der Waals surface area contributed by atoms with Crippen molar-refractivity contribution in [2.24, 2.45) is 0 Å². The fourth-order valence-electron chi connectivity index (χ4n) is 2.08. The maximum atomic E-state index is 7.99. The predicted octanol–water partition coefficient (Wildman–Crippen LogP) is 5.04. The molecular weight excluding hydrogens is 232 g/mol. The number of unbranched alkanes of at least 4 members (excludes halogenated alkanes) is 8. The Morgan fingerprint density at radius 1 is 0.833 bits per heavy atom. The molecule has 0 aromatic carbocycles. The maximum Gasteiger partial charge on any atom is 0.0959 e. The SMILES string of the molecule is CCCCCCCCCCCC(CC)OOOO. The van der Waals surface area contributed by atoms with Gasteiger partial charge in [0.1, 0.15) is 0 Å². The highest BCUT2D eigenvalue weighted by Crippen LogP contribution is 2.13. The summed E-state index contributed by atoms with van der Waals surface area (Å²) in [5, 5.41) is 15.5. The molecule has 0 heterocycles.